The highest BCUT2D eigenvalue weighted by atomic mass is 16.3. The third-order valence-corrected chi connectivity index (χ3v) is 8.70. The predicted octanol–water partition coefficient (Wildman–Crippen LogP) is 7.91. The first-order chi connectivity index (χ1) is 20.6. The first-order valence-corrected chi connectivity index (χ1v) is 18.1. The number of nitrogens with zero attached hydrogens (tertiary/aromatic N) is 4. The monoisotopic (exact) mass is 589 g/mol. The summed E-state index contributed by atoms with van der Waals surface area (Å²) in [6, 6.07) is 0. The Morgan fingerprint density at radius 2 is 0.810 bits per heavy atom. The topological polar surface area (TPSA) is 58.1 Å². The van der Waals surface area contributed by atoms with Crippen molar-refractivity contribution in [1.29, 1.82) is 0 Å². The summed E-state index contributed by atoms with van der Waals surface area (Å²) >= 11 is 0. The molecule has 2 N–H and O–H groups in total. The molecule has 6 heteroatoms. The van der Waals surface area contributed by atoms with Crippen LogP contribution in [0.3, 0.4) is 0 Å². The lowest BCUT2D eigenvalue weighted by Crippen LogP contribution is -2.38. The first kappa shape index (κ1) is 36.5. The fraction of sp³-hybridized carbons (Fsp3) is 0.833. The molecule has 242 valence electrons. The summed E-state index contributed by atoms with van der Waals surface area (Å²) in [6.45, 7) is 8.03. The molecule has 6 nitrogen and oxygen atoms in total. The second-order valence-corrected chi connectivity index (χ2v) is 12.9. The average molecular weight is 589 g/mol. The van der Waals surface area contributed by atoms with Gasteiger partial charge in [-0.2, -0.15) is 0 Å². The number of rotatable bonds is 29. The summed E-state index contributed by atoms with van der Waals surface area (Å²) in [5.74, 6) is 0. The molecule has 0 spiro atoms. The minimum absolute atomic E-state index is 0.239. The van der Waals surface area contributed by atoms with Crippen molar-refractivity contribution in [2.24, 2.45) is 0 Å². The Morgan fingerprint density at radius 3 is 1.19 bits per heavy atom. The fourth-order valence-electron chi connectivity index (χ4n) is 6.00. The van der Waals surface area contributed by atoms with Gasteiger partial charge in [0.2, 0.25) is 12.7 Å². The van der Waals surface area contributed by atoms with Crippen molar-refractivity contribution in [1.82, 2.24) is 9.13 Å². The molecule has 42 heavy (non-hydrogen) atoms. The van der Waals surface area contributed by atoms with Crippen molar-refractivity contribution in [3.8, 4) is 0 Å². The van der Waals surface area contributed by atoms with Gasteiger partial charge in [0, 0.05) is 0 Å². The van der Waals surface area contributed by atoms with Crippen molar-refractivity contribution >= 4 is 0 Å². The lowest BCUT2D eigenvalue weighted by atomic mass is 10.1. The van der Waals surface area contributed by atoms with Crippen LogP contribution < -0.4 is 9.13 Å². The number of aliphatic hydroxyl groups is 2. The summed E-state index contributed by atoms with van der Waals surface area (Å²) in [5, 5.41) is 20.9. The Hall–Kier alpha value is -1.66. The lowest BCUT2D eigenvalue weighted by Gasteiger charge is -2.08. The lowest BCUT2D eigenvalue weighted by molar-refractivity contribution is -0.703. The van der Waals surface area contributed by atoms with Crippen molar-refractivity contribution in [2.45, 2.75) is 193 Å². The number of aliphatic hydroxyl groups excluding tert-OH is 2. The third kappa shape index (κ3) is 18.8. The molecule has 0 fully saturated rings. The Morgan fingerprint density at radius 1 is 0.476 bits per heavy atom. The van der Waals surface area contributed by atoms with Crippen LogP contribution in [0.5, 0.6) is 0 Å². The zero-order valence-corrected chi connectivity index (χ0v) is 27.7. The quantitative estimate of drug-likeness (QED) is 0.0749. The summed E-state index contributed by atoms with van der Waals surface area (Å²) in [5.41, 5.74) is 0. The van der Waals surface area contributed by atoms with Gasteiger partial charge in [0.1, 0.15) is 37.9 Å². The fourth-order valence-corrected chi connectivity index (χ4v) is 6.00. The molecule has 0 saturated carbocycles. The van der Waals surface area contributed by atoms with Gasteiger partial charge >= 0.3 is 0 Å². The molecule has 2 unspecified atom stereocenters. The smallest absolute Gasteiger partial charge is 0.243 e. The SMILES string of the molecule is CCCCCCCCCCC(O)C[n+]1ccn(CCCCCCn2cc[n+](CC(O)CCCCCCCCCC)c2)c1. The van der Waals surface area contributed by atoms with Crippen LogP contribution in [0.2, 0.25) is 0 Å². The molecule has 0 aromatic carbocycles. The minimum Gasteiger partial charge on any atom is -0.389 e. The van der Waals surface area contributed by atoms with E-state index in [0.29, 0.717) is 13.1 Å². The molecule has 2 rings (SSSR count). The molecule has 2 aromatic heterocycles. The van der Waals surface area contributed by atoms with E-state index in [1.165, 1.54) is 116 Å². The highest BCUT2D eigenvalue weighted by Crippen LogP contribution is 2.12. The Bertz CT molecular complexity index is 794. The Labute approximate surface area is 259 Å². The summed E-state index contributed by atoms with van der Waals surface area (Å²) in [7, 11) is 0. The number of unbranched alkanes of at least 4 members (excludes halogenated alkanes) is 17. The Balaban J connectivity index is 1.45. The van der Waals surface area contributed by atoms with Crippen LogP contribution in [0, 0.1) is 0 Å². The molecule has 0 amide bonds. The molecule has 0 bridgehead atoms. The van der Waals surface area contributed by atoms with Gasteiger partial charge in [0.15, 0.2) is 0 Å². The standard InChI is InChI=1S/C36H68N4O2/c1-3-5-7-9-11-13-15-19-23-35(41)31-39-29-27-37(33-39)25-21-17-18-22-26-38-28-30-40(34-38)32-36(42)24-20-16-14-12-10-8-6-4-2/h27-30,33-36,41-42H,3-26,31-32H2,1-2H3/q+2. The maximum atomic E-state index is 10.4. The van der Waals surface area contributed by atoms with E-state index in [2.05, 4.69) is 69.6 Å². The molecule has 0 radical (unpaired) electrons. The van der Waals surface area contributed by atoms with Gasteiger partial charge in [-0.25, -0.2) is 18.3 Å². The van der Waals surface area contributed by atoms with Gasteiger partial charge in [-0.1, -0.05) is 117 Å². The summed E-state index contributed by atoms with van der Waals surface area (Å²) in [4.78, 5) is 0. The maximum Gasteiger partial charge on any atom is 0.243 e. The van der Waals surface area contributed by atoms with Crippen LogP contribution in [-0.2, 0) is 26.2 Å². The van der Waals surface area contributed by atoms with Gasteiger partial charge in [0.05, 0.1) is 25.3 Å². The predicted molar refractivity (Wildman–Crippen MR) is 174 cm³/mol. The summed E-state index contributed by atoms with van der Waals surface area (Å²) < 4.78 is 8.81. The van der Waals surface area contributed by atoms with Crippen molar-refractivity contribution in [2.75, 3.05) is 0 Å². The second-order valence-electron chi connectivity index (χ2n) is 12.9. The van der Waals surface area contributed by atoms with Crippen LogP contribution >= 0.6 is 0 Å². The van der Waals surface area contributed by atoms with E-state index >= 15 is 0 Å². The van der Waals surface area contributed by atoms with Crippen molar-refractivity contribution < 1.29 is 19.3 Å². The third-order valence-electron chi connectivity index (χ3n) is 8.70. The maximum absolute atomic E-state index is 10.4. The van der Waals surface area contributed by atoms with E-state index in [1.807, 2.05) is 0 Å². The molecule has 2 heterocycles. The molecule has 2 atom stereocenters. The second kappa shape index (κ2) is 24.7. The molecule has 0 aliphatic carbocycles. The van der Waals surface area contributed by atoms with Gasteiger partial charge in [-0.05, 0) is 38.5 Å². The number of aromatic nitrogens is 4. The van der Waals surface area contributed by atoms with E-state index in [1.54, 1.807) is 0 Å². The van der Waals surface area contributed by atoms with E-state index in [-0.39, 0.29) is 12.2 Å². The van der Waals surface area contributed by atoms with Crippen LogP contribution in [0.25, 0.3) is 0 Å². The minimum atomic E-state index is -0.239. The van der Waals surface area contributed by atoms with Crippen LogP contribution in [0.15, 0.2) is 37.4 Å². The largest absolute Gasteiger partial charge is 0.389 e. The molecule has 0 saturated heterocycles. The van der Waals surface area contributed by atoms with Crippen LogP contribution in [0.4, 0.5) is 0 Å². The zero-order chi connectivity index (χ0) is 30.1. The van der Waals surface area contributed by atoms with Crippen molar-refractivity contribution in [3.05, 3.63) is 37.4 Å². The molecule has 0 aliphatic rings. The number of imidazole rings is 2. The van der Waals surface area contributed by atoms with E-state index in [4.69, 9.17) is 0 Å². The van der Waals surface area contributed by atoms with Gasteiger partial charge in [-0.15, -0.1) is 0 Å². The van der Waals surface area contributed by atoms with Crippen LogP contribution in [-0.4, -0.2) is 31.6 Å². The Kier molecular flexibility index (Phi) is 21.5. The van der Waals surface area contributed by atoms with E-state index in [9.17, 15) is 10.2 Å². The summed E-state index contributed by atoms with van der Waals surface area (Å²) in [6.07, 6.45) is 40.0. The number of hydrogen-bond acceptors (Lipinski definition) is 2. The van der Waals surface area contributed by atoms with Crippen molar-refractivity contribution in [3.63, 3.8) is 0 Å². The highest BCUT2D eigenvalue weighted by molar-refractivity contribution is 4.68. The molecular weight excluding hydrogens is 520 g/mol. The molecule has 0 aliphatic heterocycles. The van der Waals surface area contributed by atoms with Gasteiger partial charge < -0.3 is 10.2 Å². The number of hydrogen-bond donors (Lipinski definition) is 2. The van der Waals surface area contributed by atoms with E-state index < -0.39 is 0 Å². The molecular formula is C36H68N4O2+2. The first-order valence-electron chi connectivity index (χ1n) is 18.1. The van der Waals surface area contributed by atoms with Crippen LogP contribution in [0.1, 0.15) is 155 Å². The molecule has 2 aromatic rings. The highest BCUT2D eigenvalue weighted by Gasteiger charge is 2.12. The van der Waals surface area contributed by atoms with E-state index in [0.717, 1.165) is 38.8 Å². The number of aryl methyl sites for hydroxylation is 2. The average Bonchev–Trinajstić information content (AvgIpc) is 3.62. The van der Waals surface area contributed by atoms with Gasteiger partial charge in [-0.3, -0.25) is 0 Å². The normalized spacial score (nSPS) is 13.1. The van der Waals surface area contributed by atoms with Gasteiger partial charge in [0.25, 0.3) is 0 Å². The zero-order valence-electron chi connectivity index (χ0n) is 27.7.